The lowest BCUT2D eigenvalue weighted by Crippen LogP contribution is -2.41. The summed E-state index contributed by atoms with van der Waals surface area (Å²) in [5.74, 6) is -0.134. The lowest BCUT2D eigenvalue weighted by atomic mass is 10.2. The molecule has 0 spiro atoms. The van der Waals surface area contributed by atoms with Crippen LogP contribution in [-0.4, -0.2) is 41.5 Å². The molecule has 0 bridgehead atoms. The van der Waals surface area contributed by atoms with Gasteiger partial charge in [0.25, 0.3) is 5.91 Å². The lowest BCUT2D eigenvalue weighted by Gasteiger charge is -2.33. The third kappa shape index (κ3) is 3.59. The van der Waals surface area contributed by atoms with Crippen molar-refractivity contribution in [2.75, 3.05) is 29.9 Å². The average Bonchev–Trinajstić information content (AvgIpc) is 2.97. The van der Waals surface area contributed by atoms with Crippen LogP contribution in [0.2, 0.25) is 0 Å². The summed E-state index contributed by atoms with van der Waals surface area (Å²) in [6, 6.07) is 9.76. The van der Waals surface area contributed by atoms with Crippen LogP contribution in [0.25, 0.3) is 0 Å². The van der Waals surface area contributed by atoms with Crippen molar-refractivity contribution in [3.8, 4) is 0 Å². The zero-order valence-corrected chi connectivity index (χ0v) is 14.5. The van der Waals surface area contributed by atoms with Crippen LogP contribution in [0, 0.1) is 6.92 Å². The molecule has 1 aromatic carbocycles. The molecule has 0 radical (unpaired) electrons. The largest absolute Gasteiger partial charge is 0.375 e. The molecule has 1 atom stereocenters. The summed E-state index contributed by atoms with van der Waals surface area (Å²) >= 11 is 0. The normalized spacial score (nSPS) is 17.8. The van der Waals surface area contributed by atoms with Gasteiger partial charge in [0.15, 0.2) is 0 Å². The highest BCUT2D eigenvalue weighted by molar-refractivity contribution is 6.03. The number of rotatable bonds is 4. The number of benzene rings is 1. The fraction of sp³-hybridized carbons (Fsp3) is 0.444. The van der Waals surface area contributed by atoms with Gasteiger partial charge in [0.1, 0.15) is 5.69 Å². The number of hydrogen-bond acceptors (Lipinski definition) is 4. The van der Waals surface area contributed by atoms with E-state index in [1.807, 2.05) is 44.2 Å². The SMILES string of the molecule is CCn1nc(C)cc1C(=O)Nc1ccc(N2CCO[C@@H](C)C2)cc1. The van der Waals surface area contributed by atoms with Gasteiger partial charge in [0.2, 0.25) is 0 Å². The highest BCUT2D eigenvalue weighted by Gasteiger charge is 2.17. The predicted octanol–water partition coefficient (Wildman–Crippen LogP) is 2.69. The number of ether oxygens (including phenoxy) is 1. The third-order valence-electron chi connectivity index (χ3n) is 4.17. The number of carbonyl (C=O) groups is 1. The van der Waals surface area contributed by atoms with Crippen molar-refractivity contribution in [1.29, 1.82) is 0 Å². The van der Waals surface area contributed by atoms with E-state index >= 15 is 0 Å². The van der Waals surface area contributed by atoms with Gasteiger partial charge in [0, 0.05) is 31.0 Å². The number of nitrogens with one attached hydrogen (secondary N) is 1. The Labute approximate surface area is 142 Å². The first-order chi connectivity index (χ1) is 11.6. The molecule has 0 unspecified atom stereocenters. The fourth-order valence-electron chi connectivity index (χ4n) is 2.97. The first-order valence-electron chi connectivity index (χ1n) is 8.39. The minimum Gasteiger partial charge on any atom is -0.375 e. The maximum atomic E-state index is 12.4. The first kappa shape index (κ1) is 16.5. The average molecular weight is 328 g/mol. The minimum absolute atomic E-state index is 0.134. The molecule has 0 aliphatic carbocycles. The van der Waals surface area contributed by atoms with Crippen LogP contribution >= 0.6 is 0 Å². The van der Waals surface area contributed by atoms with E-state index in [1.54, 1.807) is 4.68 Å². The van der Waals surface area contributed by atoms with Crippen LogP contribution < -0.4 is 10.2 Å². The number of anilines is 2. The van der Waals surface area contributed by atoms with Crippen molar-refractivity contribution in [2.45, 2.75) is 33.4 Å². The Hall–Kier alpha value is -2.34. The Morgan fingerprint density at radius 2 is 2.12 bits per heavy atom. The highest BCUT2D eigenvalue weighted by atomic mass is 16.5. The zero-order chi connectivity index (χ0) is 17.1. The van der Waals surface area contributed by atoms with Gasteiger partial charge in [-0.05, 0) is 51.1 Å². The summed E-state index contributed by atoms with van der Waals surface area (Å²) < 4.78 is 7.29. The molecule has 1 saturated heterocycles. The van der Waals surface area contributed by atoms with E-state index in [4.69, 9.17) is 4.74 Å². The Morgan fingerprint density at radius 1 is 1.38 bits per heavy atom. The number of amides is 1. The Bertz CT molecular complexity index is 708. The molecule has 1 fully saturated rings. The molecule has 128 valence electrons. The lowest BCUT2D eigenvalue weighted by molar-refractivity contribution is 0.0532. The Balaban J connectivity index is 1.68. The van der Waals surface area contributed by atoms with Gasteiger partial charge < -0.3 is 15.0 Å². The molecule has 1 aliphatic rings. The number of carbonyl (C=O) groups excluding carboxylic acids is 1. The second-order valence-corrected chi connectivity index (χ2v) is 6.12. The van der Waals surface area contributed by atoms with Crippen molar-refractivity contribution < 1.29 is 9.53 Å². The zero-order valence-electron chi connectivity index (χ0n) is 14.5. The third-order valence-corrected chi connectivity index (χ3v) is 4.17. The van der Waals surface area contributed by atoms with Gasteiger partial charge in [-0.1, -0.05) is 0 Å². The van der Waals surface area contributed by atoms with E-state index in [9.17, 15) is 4.79 Å². The quantitative estimate of drug-likeness (QED) is 0.937. The predicted molar refractivity (Wildman–Crippen MR) is 94.7 cm³/mol. The van der Waals surface area contributed by atoms with Gasteiger partial charge in [-0.2, -0.15) is 5.10 Å². The maximum Gasteiger partial charge on any atom is 0.273 e. The number of aromatic nitrogens is 2. The van der Waals surface area contributed by atoms with Gasteiger partial charge in [0.05, 0.1) is 18.4 Å². The van der Waals surface area contributed by atoms with Crippen LogP contribution in [0.1, 0.15) is 30.0 Å². The topological polar surface area (TPSA) is 59.4 Å². The number of hydrogen-bond donors (Lipinski definition) is 1. The number of aryl methyl sites for hydroxylation is 2. The van der Waals surface area contributed by atoms with Gasteiger partial charge in [-0.25, -0.2) is 0 Å². The van der Waals surface area contributed by atoms with E-state index in [0.717, 1.165) is 36.8 Å². The van der Waals surface area contributed by atoms with E-state index in [2.05, 4.69) is 22.2 Å². The van der Waals surface area contributed by atoms with E-state index in [0.29, 0.717) is 12.2 Å². The molecule has 3 rings (SSSR count). The van der Waals surface area contributed by atoms with Crippen molar-refractivity contribution in [1.82, 2.24) is 9.78 Å². The van der Waals surface area contributed by atoms with E-state index in [1.165, 1.54) is 0 Å². The second-order valence-electron chi connectivity index (χ2n) is 6.12. The van der Waals surface area contributed by atoms with Crippen molar-refractivity contribution in [3.63, 3.8) is 0 Å². The number of morpholine rings is 1. The van der Waals surface area contributed by atoms with E-state index < -0.39 is 0 Å². The van der Waals surface area contributed by atoms with Crippen molar-refractivity contribution >= 4 is 17.3 Å². The fourth-order valence-corrected chi connectivity index (χ4v) is 2.97. The molecule has 1 N–H and O–H groups in total. The van der Waals surface area contributed by atoms with Crippen molar-refractivity contribution in [3.05, 3.63) is 41.7 Å². The Kier molecular flexibility index (Phi) is 4.85. The van der Waals surface area contributed by atoms with Crippen molar-refractivity contribution in [2.24, 2.45) is 0 Å². The Morgan fingerprint density at radius 3 is 2.79 bits per heavy atom. The van der Waals surface area contributed by atoms with Crippen LogP contribution in [0.5, 0.6) is 0 Å². The van der Waals surface area contributed by atoms with Crippen LogP contribution in [0.15, 0.2) is 30.3 Å². The first-order valence-corrected chi connectivity index (χ1v) is 8.39. The molecule has 6 heteroatoms. The van der Waals surface area contributed by atoms with Gasteiger partial charge in [-0.3, -0.25) is 9.48 Å². The standard InChI is InChI=1S/C18H24N4O2/c1-4-22-17(11-13(2)20-22)18(23)19-15-5-7-16(8-6-15)21-9-10-24-14(3)12-21/h5-8,11,14H,4,9-10,12H2,1-3H3,(H,19,23)/t14-/m0/s1. The molecule has 0 saturated carbocycles. The summed E-state index contributed by atoms with van der Waals surface area (Å²) in [5.41, 5.74) is 3.36. The molecule has 1 amide bonds. The molecule has 2 heterocycles. The molecule has 1 aliphatic heterocycles. The monoisotopic (exact) mass is 328 g/mol. The van der Waals surface area contributed by atoms with E-state index in [-0.39, 0.29) is 12.0 Å². The number of nitrogens with zero attached hydrogens (tertiary/aromatic N) is 3. The molecule has 24 heavy (non-hydrogen) atoms. The molecular weight excluding hydrogens is 304 g/mol. The summed E-state index contributed by atoms with van der Waals surface area (Å²) in [7, 11) is 0. The smallest absolute Gasteiger partial charge is 0.273 e. The molecule has 2 aromatic rings. The summed E-state index contributed by atoms with van der Waals surface area (Å²) in [4.78, 5) is 14.7. The molecule has 6 nitrogen and oxygen atoms in total. The maximum absolute atomic E-state index is 12.4. The van der Waals surface area contributed by atoms with Crippen LogP contribution in [-0.2, 0) is 11.3 Å². The summed E-state index contributed by atoms with van der Waals surface area (Å²) in [6.07, 6.45) is 0.246. The highest BCUT2D eigenvalue weighted by Crippen LogP contribution is 2.21. The van der Waals surface area contributed by atoms with Gasteiger partial charge >= 0.3 is 0 Å². The van der Waals surface area contributed by atoms with Crippen LogP contribution in [0.3, 0.4) is 0 Å². The molecule has 1 aromatic heterocycles. The minimum atomic E-state index is -0.134. The van der Waals surface area contributed by atoms with Crippen LogP contribution in [0.4, 0.5) is 11.4 Å². The summed E-state index contributed by atoms with van der Waals surface area (Å²) in [5, 5.41) is 7.25. The van der Waals surface area contributed by atoms with Gasteiger partial charge in [-0.15, -0.1) is 0 Å². The summed E-state index contributed by atoms with van der Waals surface area (Å²) in [6.45, 7) is 9.15. The molecular formula is C18H24N4O2. The second kappa shape index (κ2) is 7.05.